The van der Waals surface area contributed by atoms with Crippen LogP contribution in [0.4, 0.5) is 0 Å². The fourth-order valence-corrected chi connectivity index (χ4v) is 5.32. The molecule has 170 valence electrons. The Kier molecular flexibility index (Phi) is 5.67. The Hall–Kier alpha value is -2.83. The lowest BCUT2D eigenvalue weighted by atomic mass is 9.68. The number of hydrogen-bond donors (Lipinski definition) is 1. The van der Waals surface area contributed by atoms with Gasteiger partial charge in [-0.05, 0) is 110 Å². The molecule has 2 fully saturated rings. The molecule has 3 nitrogen and oxygen atoms in total. The molecule has 0 radical (unpaired) electrons. The predicted octanol–water partition coefficient (Wildman–Crippen LogP) is 6.27. The third-order valence-electron chi connectivity index (χ3n) is 7.63. The predicted molar refractivity (Wildman–Crippen MR) is 133 cm³/mol. The fourth-order valence-electron chi connectivity index (χ4n) is 5.32. The van der Waals surface area contributed by atoms with Crippen molar-refractivity contribution in [3.63, 3.8) is 0 Å². The molecule has 1 N–H and O–H groups in total. The van der Waals surface area contributed by atoms with E-state index in [9.17, 15) is 4.79 Å². The van der Waals surface area contributed by atoms with Crippen molar-refractivity contribution in [3.8, 4) is 11.8 Å². The molecule has 1 atom stereocenters. The molecule has 33 heavy (non-hydrogen) atoms. The summed E-state index contributed by atoms with van der Waals surface area (Å²) in [6, 6.07) is 13.8. The molecule has 2 aromatic rings. The highest BCUT2D eigenvalue weighted by molar-refractivity contribution is 5.85. The van der Waals surface area contributed by atoms with Crippen LogP contribution in [0.3, 0.4) is 0 Å². The number of hydrogen-bond acceptors (Lipinski definition) is 2. The van der Waals surface area contributed by atoms with Crippen LogP contribution in [0.5, 0.6) is 0 Å². The average molecular weight is 440 g/mol. The van der Waals surface area contributed by atoms with Crippen LogP contribution < -0.4 is 0 Å². The Morgan fingerprint density at radius 3 is 2.36 bits per heavy atom. The van der Waals surface area contributed by atoms with Gasteiger partial charge in [-0.1, -0.05) is 37.8 Å². The van der Waals surface area contributed by atoms with Crippen LogP contribution in [0.15, 0.2) is 42.5 Å². The molecule has 0 aliphatic heterocycles. The second-order valence-corrected chi connectivity index (χ2v) is 10.7. The van der Waals surface area contributed by atoms with Gasteiger partial charge in [0.1, 0.15) is 0 Å². The normalized spacial score (nSPS) is 21.5. The van der Waals surface area contributed by atoms with E-state index >= 15 is 0 Å². The number of rotatable bonds is 5. The first-order chi connectivity index (χ1) is 15.8. The maximum atomic E-state index is 10.7. The van der Waals surface area contributed by atoms with E-state index in [0.29, 0.717) is 12.0 Å². The maximum absolute atomic E-state index is 10.7. The summed E-state index contributed by atoms with van der Waals surface area (Å²) < 4.78 is 0. The van der Waals surface area contributed by atoms with Crippen LogP contribution in [0, 0.1) is 11.8 Å². The van der Waals surface area contributed by atoms with Crippen LogP contribution in [-0.2, 0) is 10.2 Å². The third-order valence-corrected chi connectivity index (χ3v) is 7.63. The van der Waals surface area contributed by atoms with Crippen molar-refractivity contribution in [2.75, 3.05) is 7.05 Å². The molecule has 2 aromatic carbocycles. The van der Waals surface area contributed by atoms with Crippen molar-refractivity contribution in [3.05, 3.63) is 75.9 Å². The van der Waals surface area contributed by atoms with Gasteiger partial charge < -0.3 is 5.11 Å². The summed E-state index contributed by atoms with van der Waals surface area (Å²) in [7, 11) is 2.34. The largest absolute Gasteiger partial charge is 0.478 e. The molecule has 3 aliphatic rings. The molecule has 3 heteroatoms. The first-order valence-corrected chi connectivity index (χ1v) is 12.3. The average Bonchev–Trinajstić information content (AvgIpc) is 3.69. The summed E-state index contributed by atoms with van der Waals surface area (Å²) >= 11 is 0. The molecule has 0 spiro atoms. The zero-order valence-corrected chi connectivity index (χ0v) is 19.9. The van der Waals surface area contributed by atoms with Crippen molar-refractivity contribution < 1.29 is 9.90 Å². The Morgan fingerprint density at radius 1 is 1.03 bits per heavy atom. The van der Waals surface area contributed by atoms with Crippen molar-refractivity contribution >= 4 is 12.0 Å². The van der Waals surface area contributed by atoms with E-state index in [-0.39, 0.29) is 5.41 Å². The van der Waals surface area contributed by atoms with Crippen molar-refractivity contribution in [1.82, 2.24) is 4.90 Å². The lowest BCUT2D eigenvalue weighted by Gasteiger charge is -2.42. The summed E-state index contributed by atoms with van der Waals surface area (Å²) in [5.74, 6) is 6.54. The van der Waals surface area contributed by atoms with Crippen LogP contribution in [-0.4, -0.2) is 29.1 Å². The first-order valence-electron chi connectivity index (χ1n) is 12.3. The smallest absolute Gasteiger partial charge is 0.328 e. The van der Waals surface area contributed by atoms with Crippen LogP contribution in [0.25, 0.3) is 6.08 Å². The highest BCUT2D eigenvalue weighted by atomic mass is 16.4. The van der Waals surface area contributed by atoms with E-state index in [0.717, 1.165) is 28.8 Å². The second-order valence-electron chi connectivity index (χ2n) is 10.7. The zero-order chi connectivity index (χ0) is 23.2. The molecule has 0 heterocycles. The van der Waals surface area contributed by atoms with E-state index in [1.165, 1.54) is 44.1 Å². The molecule has 0 bridgehead atoms. The van der Waals surface area contributed by atoms with Crippen molar-refractivity contribution in [1.29, 1.82) is 0 Å². The van der Waals surface area contributed by atoms with Crippen LogP contribution >= 0.6 is 0 Å². The van der Waals surface area contributed by atoms with Crippen molar-refractivity contribution in [2.45, 2.75) is 75.8 Å². The van der Waals surface area contributed by atoms with Gasteiger partial charge in [0.25, 0.3) is 0 Å². The highest BCUT2D eigenvalue weighted by Crippen LogP contribution is 2.52. The number of carboxylic acid groups (broad SMARTS) is 1. The number of fused-ring (bicyclic) bond motifs is 1. The van der Waals surface area contributed by atoms with Gasteiger partial charge in [-0.25, -0.2) is 4.79 Å². The lowest BCUT2D eigenvalue weighted by Crippen LogP contribution is -2.36. The van der Waals surface area contributed by atoms with Gasteiger partial charge in [0, 0.05) is 29.3 Å². The topological polar surface area (TPSA) is 40.5 Å². The van der Waals surface area contributed by atoms with Gasteiger partial charge in [-0.2, -0.15) is 0 Å². The summed E-state index contributed by atoms with van der Waals surface area (Å²) in [6.45, 7) is 4.80. The molecular formula is C30H33NO2. The van der Waals surface area contributed by atoms with Crippen LogP contribution in [0.2, 0.25) is 0 Å². The minimum Gasteiger partial charge on any atom is -0.478 e. The van der Waals surface area contributed by atoms with Gasteiger partial charge >= 0.3 is 5.97 Å². The number of benzene rings is 2. The van der Waals surface area contributed by atoms with E-state index < -0.39 is 5.97 Å². The Labute approximate surface area is 197 Å². The Bertz CT molecular complexity index is 1150. The summed E-state index contributed by atoms with van der Waals surface area (Å²) in [4.78, 5) is 13.4. The van der Waals surface area contributed by atoms with E-state index in [1.54, 1.807) is 17.2 Å². The summed E-state index contributed by atoms with van der Waals surface area (Å²) in [5.41, 5.74) is 7.77. The number of carboxylic acids is 1. The molecule has 0 aromatic heterocycles. The highest BCUT2D eigenvalue weighted by Gasteiger charge is 2.42. The number of aliphatic carboxylic acids is 1. The lowest BCUT2D eigenvalue weighted by molar-refractivity contribution is -0.131. The first kappa shape index (κ1) is 22.0. The van der Waals surface area contributed by atoms with Gasteiger partial charge in [0.05, 0.1) is 0 Å². The van der Waals surface area contributed by atoms with Gasteiger partial charge in [-0.3, -0.25) is 4.90 Å². The molecular weight excluding hydrogens is 406 g/mol. The number of carbonyl (C=O) groups is 1. The third kappa shape index (κ3) is 4.77. The van der Waals surface area contributed by atoms with Crippen molar-refractivity contribution in [2.24, 2.45) is 0 Å². The van der Waals surface area contributed by atoms with Gasteiger partial charge in [0.2, 0.25) is 0 Å². The molecule has 5 rings (SSSR count). The van der Waals surface area contributed by atoms with Gasteiger partial charge in [0.15, 0.2) is 0 Å². The molecule has 2 saturated carbocycles. The monoisotopic (exact) mass is 439 g/mol. The quantitative estimate of drug-likeness (QED) is 0.441. The fraction of sp³-hybridized carbons (Fsp3) is 0.433. The van der Waals surface area contributed by atoms with Crippen LogP contribution in [0.1, 0.15) is 97.7 Å². The minimum absolute atomic E-state index is 0.176. The molecule has 3 aliphatic carbocycles. The SMILES string of the molecule is CN(C1CC1)C1CCC(C)(C)c2cc(C#Cc3ccc(/C=C/C(=O)O)cc3)cc(C3CC3)c21. The summed E-state index contributed by atoms with van der Waals surface area (Å²) in [5, 5.41) is 8.79. The molecule has 0 saturated heterocycles. The minimum atomic E-state index is -0.939. The molecule has 1 unspecified atom stereocenters. The Balaban J connectivity index is 1.49. The molecule has 0 amide bonds. The van der Waals surface area contributed by atoms with E-state index in [2.05, 4.69) is 49.8 Å². The maximum Gasteiger partial charge on any atom is 0.328 e. The van der Waals surface area contributed by atoms with E-state index in [1.807, 2.05) is 24.3 Å². The zero-order valence-electron chi connectivity index (χ0n) is 19.9. The van der Waals surface area contributed by atoms with E-state index in [4.69, 9.17) is 5.11 Å². The second kappa shape index (κ2) is 8.50. The number of nitrogens with zero attached hydrogens (tertiary/aromatic N) is 1. The standard InChI is InChI=1S/C30H33NO2/c1-30(2)17-16-27(31(3)24-13-14-24)29-25(23-11-12-23)18-22(19-26(29)30)9-8-20-4-6-21(7-5-20)10-15-28(32)33/h4-7,10,15,18-19,23-24,27H,11-14,16-17H2,1-3H3,(H,32,33)/b15-10+. The van der Waals surface area contributed by atoms with Gasteiger partial charge in [-0.15, -0.1) is 0 Å². The Morgan fingerprint density at radius 2 is 1.73 bits per heavy atom. The summed E-state index contributed by atoms with van der Waals surface area (Å²) in [6.07, 6.45) is 10.5.